The van der Waals surface area contributed by atoms with E-state index in [9.17, 15) is 12.9 Å². The number of hydrogen-bond donors (Lipinski definition) is 0. The number of halogens is 3. The van der Waals surface area contributed by atoms with Crippen molar-refractivity contribution in [2.45, 2.75) is 26.2 Å². The molecule has 1 unspecified atom stereocenters. The van der Waals surface area contributed by atoms with Crippen molar-refractivity contribution in [3.05, 3.63) is 41.9 Å². The van der Waals surface area contributed by atoms with E-state index >= 15 is 0 Å². The third-order valence-corrected chi connectivity index (χ3v) is 2.95. The monoisotopic (exact) mass is 257 g/mol. The van der Waals surface area contributed by atoms with Crippen LogP contribution in [0.4, 0.5) is 12.9 Å². The summed E-state index contributed by atoms with van der Waals surface area (Å²) in [5, 5.41) is 0. The summed E-state index contributed by atoms with van der Waals surface area (Å²) in [6.07, 6.45) is 1.02. The van der Waals surface area contributed by atoms with Crippen LogP contribution in [0.5, 0.6) is 5.75 Å². The molecule has 0 heterocycles. The number of ether oxygens (including phenoxy) is 1. The van der Waals surface area contributed by atoms with E-state index in [1.165, 1.54) is 0 Å². The van der Waals surface area contributed by atoms with Gasteiger partial charge in [0.1, 0.15) is 5.75 Å². The molecule has 100 valence electrons. The highest BCUT2D eigenvalue weighted by atomic mass is 19.4. The zero-order valence-electron chi connectivity index (χ0n) is 10.6. The van der Waals surface area contributed by atoms with E-state index in [4.69, 9.17) is 4.74 Å². The Morgan fingerprint density at radius 2 is 1.83 bits per heavy atom. The van der Waals surface area contributed by atoms with Crippen molar-refractivity contribution in [2.24, 2.45) is 0 Å². The highest BCUT2D eigenvalue weighted by molar-refractivity contribution is 6.66. The van der Waals surface area contributed by atoms with Crippen LogP contribution in [0.1, 0.15) is 31.7 Å². The van der Waals surface area contributed by atoms with Gasteiger partial charge in [0.15, 0.2) is 0 Å². The Balaban J connectivity index is 2.57. The molecule has 0 N–H and O–H groups in total. The third kappa shape index (κ3) is 4.13. The molecule has 0 amide bonds. The van der Waals surface area contributed by atoms with Gasteiger partial charge >= 0.3 is 6.98 Å². The molecule has 1 aromatic rings. The van der Waals surface area contributed by atoms with Gasteiger partial charge < -0.3 is 17.7 Å². The first kappa shape index (κ1) is 14.7. The predicted molar refractivity (Wildman–Crippen MR) is 68.9 cm³/mol. The first-order chi connectivity index (χ1) is 8.34. The lowest BCUT2D eigenvalue weighted by Crippen LogP contribution is -2.23. The average molecular weight is 257 g/mol. The smallest absolute Gasteiger partial charge is 0.492 e. The summed E-state index contributed by atoms with van der Waals surface area (Å²) < 4.78 is 41.8. The highest BCUT2D eigenvalue weighted by Gasteiger charge is 2.26. The molecule has 0 aliphatic rings. The lowest BCUT2D eigenvalue weighted by atomic mass is 9.81. The lowest BCUT2D eigenvalue weighted by Gasteiger charge is -2.18. The summed E-state index contributed by atoms with van der Waals surface area (Å²) in [7, 11) is 0. The molecule has 0 bridgehead atoms. The summed E-state index contributed by atoms with van der Waals surface area (Å²) in [4.78, 5) is 0. The minimum atomic E-state index is -5.01. The Morgan fingerprint density at radius 3 is 2.28 bits per heavy atom. The molecule has 1 aromatic carbocycles. The van der Waals surface area contributed by atoms with E-state index in [2.05, 4.69) is 20.4 Å². The molecule has 0 radical (unpaired) electrons. The van der Waals surface area contributed by atoms with Gasteiger partial charge in [0.25, 0.3) is 0 Å². The summed E-state index contributed by atoms with van der Waals surface area (Å²) in [5.41, 5.74) is 0.338. The largest absolute Gasteiger partial charge is 0.508 e. The second-order valence-electron chi connectivity index (χ2n) is 4.40. The van der Waals surface area contributed by atoms with Crippen molar-refractivity contribution >= 4 is 6.98 Å². The second-order valence-corrected chi connectivity index (χ2v) is 4.40. The van der Waals surface area contributed by atoms with E-state index in [1.54, 1.807) is 12.1 Å². The van der Waals surface area contributed by atoms with Gasteiger partial charge in [0, 0.05) is 0 Å². The van der Waals surface area contributed by atoms with Crippen molar-refractivity contribution in [1.29, 1.82) is 0 Å². The fourth-order valence-corrected chi connectivity index (χ4v) is 1.40. The van der Waals surface area contributed by atoms with Crippen LogP contribution in [0.15, 0.2) is 36.3 Å². The number of rotatable bonds is 6. The zero-order chi connectivity index (χ0) is 13.8. The van der Waals surface area contributed by atoms with Gasteiger partial charge in [0.2, 0.25) is 0 Å². The van der Waals surface area contributed by atoms with Crippen LogP contribution in [0.2, 0.25) is 0 Å². The maximum absolute atomic E-state index is 12.3. The third-order valence-electron chi connectivity index (χ3n) is 2.95. The van der Waals surface area contributed by atoms with Crippen molar-refractivity contribution in [1.82, 2.24) is 0 Å². The minimum absolute atomic E-state index is 0.434. The van der Waals surface area contributed by atoms with Gasteiger partial charge in [0.05, 0.1) is 6.61 Å². The lowest BCUT2D eigenvalue weighted by molar-refractivity contribution is 0.346. The first-order valence-corrected chi connectivity index (χ1v) is 5.95. The molecule has 18 heavy (non-hydrogen) atoms. The van der Waals surface area contributed by atoms with Crippen LogP contribution < -0.4 is 4.74 Å². The number of benzene rings is 1. The second kappa shape index (κ2) is 5.98. The zero-order valence-corrected chi connectivity index (χ0v) is 10.6. The normalized spacial score (nSPS) is 13.2. The standard InChI is InChI=1S/C13H17BF3O/c1-4-10(2)12-5-7-13(8-6-12)18-9-11(3)14(15,16)17/h5-8,10H,3-4,9H2,1-2H3/q-1. The van der Waals surface area contributed by atoms with E-state index in [-0.39, 0.29) is 0 Å². The van der Waals surface area contributed by atoms with Gasteiger partial charge in [-0.15, -0.1) is 12.1 Å². The fourth-order valence-electron chi connectivity index (χ4n) is 1.40. The molecule has 1 nitrogen and oxygen atoms in total. The van der Waals surface area contributed by atoms with Gasteiger partial charge in [-0.3, -0.25) is 0 Å². The van der Waals surface area contributed by atoms with Gasteiger partial charge in [-0.1, -0.05) is 26.0 Å². The van der Waals surface area contributed by atoms with E-state index < -0.39 is 19.1 Å². The Bertz CT molecular complexity index is 398. The van der Waals surface area contributed by atoms with Crippen LogP contribution in [-0.4, -0.2) is 13.6 Å². The Morgan fingerprint density at radius 1 is 1.28 bits per heavy atom. The summed E-state index contributed by atoms with van der Waals surface area (Å²) in [6.45, 7) is 1.65. The molecule has 0 spiro atoms. The highest BCUT2D eigenvalue weighted by Crippen LogP contribution is 2.23. The molecular formula is C13H17BF3O-. The van der Waals surface area contributed by atoms with Crippen molar-refractivity contribution < 1.29 is 17.7 Å². The minimum Gasteiger partial charge on any atom is -0.492 e. The van der Waals surface area contributed by atoms with Crippen molar-refractivity contribution in [2.75, 3.05) is 6.61 Å². The fraction of sp³-hybridized carbons (Fsp3) is 0.385. The van der Waals surface area contributed by atoms with Crippen LogP contribution in [0.25, 0.3) is 0 Å². The molecule has 0 aromatic heterocycles. The van der Waals surface area contributed by atoms with Gasteiger partial charge in [-0.2, -0.15) is 0 Å². The average Bonchev–Trinajstić information content (AvgIpc) is 2.34. The summed E-state index contributed by atoms with van der Waals surface area (Å²) in [6, 6.07) is 7.15. The molecule has 0 saturated carbocycles. The molecule has 5 heteroatoms. The van der Waals surface area contributed by atoms with Gasteiger partial charge in [-0.05, 0) is 30.0 Å². The van der Waals surface area contributed by atoms with E-state index in [0.717, 1.165) is 12.0 Å². The van der Waals surface area contributed by atoms with Crippen LogP contribution >= 0.6 is 0 Å². The van der Waals surface area contributed by atoms with Crippen molar-refractivity contribution in [3.8, 4) is 5.75 Å². The molecule has 0 aliphatic carbocycles. The quantitative estimate of drug-likeness (QED) is 0.680. The molecule has 1 atom stereocenters. The molecule has 0 aliphatic heterocycles. The van der Waals surface area contributed by atoms with Crippen LogP contribution in [0.3, 0.4) is 0 Å². The predicted octanol–water partition coefficient (Wildman–Crippen LogP) is 4.52. The van der Waals surface area contributed by atoms with Crippen LogP contribution in [0, 0.1) is 0 Å². The Labute approximate surface area is 106 Å². The maximum Gasteiger partial charge on any atom is 0.508 e. The molecular weight excluding hydrogens is 240 g/mol. The Hall–Kier alpha value is -1.39. The van der Waals surface area contributed by atoms with E-state index in [0.29, 0.717) is 11.7 Å². The molecule has 0 saturated heterocycles. The Kier molecular flexibility index (Phi) is 4.88. The first-order valence-electron chi connectivity index (χ1n) is 5.95. The van der Waals surface area contributed by atoms with E-state index in [1.807, 2.05) is 12.1 Å². The number of hydrogen-bond acceptors (Lipinski definition) is 1. The maximum atomic E-state index is 12.3. The molecule has 0 fully saturated rings. The van der Waals surface area contributed by atoms with Gasteiger partial charge in [-0.25, -0.2) is 0 Å². The van der Waals surface area contributed by atoms with Crippen LogP contribution in [-0.2, 0) is 0 Å². The summed E-state index contributed by atoms with van der Waals surface area (Å²) in [5.74, 6) is 0.871. The SMILES string of the molecule is C=C(COc1ccc(C(C)CC)cc1)[B-](F)(F)F. The summed E-state index contributed by atoms with van der Waals surface area (Å²) >= 11 is 0. The molecule has 1 rings (SSSR count). The topological polar surface area (TPSA) is 9.23 Å². The van der Waals surface area contributed by atoms with Crippen molar-refractivity contribution in [3.63, 3.8) is 0 Å².